The van der Waals surface area contributed by atoms with Crippen LogP contribution in [0.4, 0.5) is 0 Å². The number of nitriles is 1. The maximum atomic E-state index is 12.7. The fourth-order valence-corrected chi connectivity index (χ4v) is 5.71. The molecule has 2 aromatic heterocycles. The molecule has 29 heavy (non-hydrogen) atoms. The Morgan fingerprint density at radius 3 is 2.76 bits per heavy atom. The number of Topliss-reactive ketones (excluding diaryl/α,β-unsaturated/α-hetero) is 1. The van der Waals surface area contributed by atoms with E-state index in [9.17, 15) is 19.6 Å². The second-order valence-corrected chi connectivity index (χ2v) is 9.09. The van der Waals surface area contributed by atoms with Crippen LogP contribution in [0.3, 0.4) is 0 Å². The van der Waals surface area contributed by atoms with Crippen molar-refractivity contribution in [2.75, 3.05) is 6.54 Å². The Labute approximate surface area is 172 Å². The number of thiophene rings is 1. The van der Waals surface area contributed by atoms with E-state index in [1.54, 1.807) is 0 Å². The highest BCUT2D eigenvalue weighted by atomic mass is 32.1. The number of aromatic nitrogens is 2. The van der Waals surface area contributed by atoms with Gasteiger partial charge >= 0.3 is 0 Å². The summed E-state index contributed by atoms with van der Waals surface area (Å²) in [6, 6.07) is 1.94. The van der Waals surface area contributed by atoms with Crippen LogP contribution in [0.25, 0.3) is 10.2 Å². The number of amides is 1. The zero-order valence-corrected chi connectivity index (χ0v) is 17.1. The Kier molecular flexibility index (Phi) is 5.76. The molecule has 1 amide bonds. The minimum Gasteiger partial charge on any atom is -0.349 e. The van der Waals surface area contributed by atoms with Gasteiger partial charge in [0, 0.05) is 11.3 Å². The van der Waals surface area contributed by atoms with Gasteiger partial charge in [-0.05, 0) is 50.0 Å². The molecule has 152 valence electrons. The van der Waals surface area contributed by atoms with Crippen LogP contribution in [0.15, 0.2) is 4.79 Å². The first kappa shape index (κ1) is 19.8. The minimum absolute atomic E-state index is 0.0682. The molecular formula is C21H24N4O3S. The topological polar surface area (TPSA) is 116 Å². The summed E-state index contributed by atoms with van der Waals surface area (Å²) in [5, 5.41) is 12.8. The van der Waals surface area contributed by atoms with Crippen molar-refractivity contribution in [2.24, 2.45) is 5.92 Å². The van der Waals surface area contributed by atoms with E-state index >= 15 is 0 Å². The average molecular weight is 413 g/mol. The van der Waals surface area contributed by atoms with E-state index in [2.05, 4.69) is 15.3 Å². The monoisotopic (exact) mass is 412 g/mol. The Hall–Kier alpha value is -2.53. The molecule has 2 N–H and O–H groups in total. The third kappa shape index (κ3) is 4.10. The van der Waals surface area contributed by atoms with Crippen LogP contribution in [0.2, 0.25) is 0 Å². The van der Waals surface area contributed by atoms with Crippen LogP contribution in [-0.4, -0.2) is 28.2 Å². The van der Waals surface area contributed by atoms with Gasteiger partial charge in [-0.2, -0.15) is 5.26 Å². The second kappa shape index (κ2) is 8.46. The molecule has 1 fully saturated rings. The van der Waals surface area contributed by atoms with E-state index in [1.807, 2.05) is 6.07 Å². The summed E-state index contributed by atoms with van der Waals surface area (Å²) < 4.78 is 0. The first-order chi connectivity index (χ1) is 14.1. The molecule has 2 aliphatic rings. The van der Waals surface area contributed by atoms with Crippen molar-refractivity contribution in [1.82, 2.24) is 15.3 Å². The largest absolute Gasteiger partial charge is 0.349 e. The molecule has 2 heterocycles. The zero-order valence-electron chi connectivity index (χ0n) is 16.3. The highest BCUT2D eigenvalue weighted by molar-refractivity contribution is 7.18. The van der Waals surface area contributed by atoms with Crippen molar-refractivity contribution in [3.63, 3.8) is 0 Å². The molecule has 4 rings (SSSR count). The maximum Gasteiger partial charge on any atom is 0.259 e. The van der Waals surface area contributed by atoms with E-state index in [-0.39, 0.29) is 23.8 Å². The van der Waals surface area contributed by atoms with Gasteiger partial charge in [0.2, 0.25) is 5.91 Å². The summed E-state index contributed by atoms with van der Waals surface area (Å²) in [7, 11) is 0. The molecule has 0 radical (unpaired) electrons. The highest BCUT2D eigenvalue weighted by Gasteiger charge is 2.27. The van der Waals surface area contributed by atoms with Crippen LogP contribution < -0.4 is 10.9 Å². The third-order valence-corrected chi connectivity index (χ3v) is 7.16. The average Bonchev–Trinajstić information content (AvgIpc) is 3.34. The van der Waals surface area contributed by atoms with Crippen molar-refractivity contribution in [3.8, 4) is 6.07 Å². The van der Waals surface area contributed by atoms with E-state index in [1.165, 1.54) is 16.2 Å². The number of carbonyl (C=O) groups is 2. The number of ketones is 1. The molecule has 2 aliphatic carbocycles. The quantitative estimate of drug-likeness (QED) is 0.757. The Morgan fingerprint density at radius 1 is 1.24 bits per heavy atom. The molecule has 0 unspecified atom stereocenters. The Morgan fingerprint density at radius 2 is 2.00 bits per heavy atom. The second-order valence-electron chi connectivity index (χ2n) is 8.00. The lowest BCUT2D eigenvalue weighted by atomic mass is 9.97. The highest BCUT2D eigenvalue weighted by Crippen LogP contribution is 2.34. The van der Waals surface area contributed by atoms with Gasteiger partial charge in [0.25, 0.3) is 5.56 Å². The maximum absolute atomic E-state index is 12.7. The number of fused-ring (bicyclic) bond motifs is 3. The van der Waals surface area contributed by atoms with Crippen LogP contribution >= 0.6 is 11.3 Å². The number of nitrogens with one attached hydrogen (secondary N) is 2. The molecule has 1 saturated carbocycles. The van der Waals surface area contributed by atoms with Gasteiger partial charge in [-0.25, -0.2) is 4.98 Å². The van der Waals surface area contributed by atoms with Crippen LogP contribution in [0, 0.1) is 17.2 Å². The summed E-state index contributed by atoms with van der Waals surface area (Å²) in [6.07, 6.45) is 8.81. The number of hydrogen-bond donors (Lipinski definition) is 2. The van der Waals surface area contributed by atoms with Crippen LogP contribution in [-0.2, 0) is 22.4 Å². The predicted molar refractivity (Wildman–Crippen MR) is 110 cm³/mol. The number of nitrogens with zero attached hydrogens (tertiary/aromatic N) is 2. The lowest BCUT2D eigenvalue weighted by Gasteiger charge is -2.11. The molecule has 2 aromatic rings. The first-order valence-corrected chi connectivity index (χ1v) is 11.1. The van der Waals surface area contributed by atoms with E-state index in [0.717, 1.165) is 56.9 Å². The lowest BCUT2D eigenvalue weighted by Crippen LogP contribution is -2.33. The van der Waals surface area contributed by atoms with Gasteiger partial charge < -0.3 is 10.3 Å². The summed E-state index contributed by atoms with van der Waals surface area (Å²) in [6.45, 7) is -0.230. The van der Waals surface area contributed by atoms with Gasteiger partial charge in [0.15, 0.2) is 11.7 Å². The Balaban J connectivity index is 1.49. The number of rotatable bonds is 6. The zero-order chi connectivity index (χ0) is 20.4. The van der Waals surface area contributed by atoms with Crippen molar-refractivity contribution >= 4 is 33.2 Å². The number of carbonyl (C=O) groups excluding carboxylic acids is 2. The van der Waals surface area contributed by atoms with E-state index < -0.39 is 11.7 Å². The summed E-state index contributed by atoms with van der Waals surface area (Å²) in [5.74, 6) is -1.36. The summed E-state index contributed by atoms with van der Waals surface area (Å²) >= 11 is 1.48. The van der Waals surface area contributed by atoms with Crippen molar-refractivity contribution in [1.29, 1.82) is 5.26 Å². The van der Waals surface area contributed by atoms with Gasteiger partial charge in [-0.3, -0.25) is 14.4 Å². The molecule has 0 spiro atoms. The molecule has 8 heteroatoms. The van der Waals surface area contributed by atoms with Gasteiger partial charge in [0.05, 0.1) is 18.0 Å². The van der Waals surface area contributed by atoms with Crippen LogP contribution in [0.5, 0.6) is 0 Å². The molecule has 0 aromatic carbocycles. The summed E-state index contributed by atoms with van der Waals surface area (Å²) in [4.78, 5) is 46.2. The number of aryl methyl sites for hydroxylation is 2. The van der Waals surface area contributed by atoms with Crippen LogP contribution in [0.1, 0.15) is 67.1 Å². The van der Waals surface area contributed by atoms with Crippen molar-refractivity contribution in [2.45, 2.75) is 63.7 Å². The minimum atomic E-state index is -1.20. The predicted octanol–water partition coefficient (Wildman–Crippen LogP) is 2.74. The molecule has 7 nitrogen and oxygen atoms in total. The fraction of sp³-hybridized carbons (Fsp3) is 0.571. The number of aromatic amines is 1. The molecular weight excluding hydrogens is 388 g/mol. The first-order valence-electron chi connectivity index (χ1n) is 10.3. The van der Waals surface area contributed by atoms with E-state index in [4.69, 9.17) is 0 Å². The van der Waals surface area contributed by atoms with Gasteiger partial charge in [-0.1, -0.05) is 12.8 Å². The standard InChI is InChI=1S/C21H24N4O3S/c22-10-14(15(26)11-23-17(27)9-12-5-1-2-6-12)19-24-20(28)18-13-7-3-4-8-16(13)29-21(18)25-19/h12,14H,1-9,11H2,(H,23,27)(H,24,25,28)/t14-/m1/s1. The number of hydrogen-bond acceptors (Lipinski definition) is 6. The Bertz CT molecular complexity index is 1040. The third-order valence-electron chi connectivity index (χ3n) is 5.98. The van der Waals surface area contributed by atoms with Crippen molar-refractivity contribution in [3.05, 3.63) is 26.6 Å². The van der Waals surface area contributed by atoms with Gasteiger partial charge in [0.1, 0.15) is 10.7 Å². The number of H-pyrrole nitrogens is 1. The molecule has 0 saturated heterocycles. The normalized spacial score (nSPS) is 17.6. The smallest absolute Gasteiger partial charge is 0.259 e. The SMILES string of the molecule is N#C[C@H](C(=O)CNC(=O)CC1CCCC1)c1nc2sc3c(c2c(=O)[nH]1)CCCC3. The summed E-state index contributed by atoms with van der Waals surface area (Å²) in [5.41, 5.74) is 0.776. The molecule has 0 bridgehead atoms. The fourth-order valence-electron chi connectivity index (χ4n) is 4.44. The van der Waals surface area contributed by atoms with Crippen molar-refractivity contribution < 1.29 is 9.59 Å². The molecule has 0 aliphatic heterocycles. The van der Waals surface area contributed by atoms with Gasteiger partial charge in [-0.15, -0.1) is 11.3 Å². The van der Waals surface area contributed by atoms with E-state index in [0.29, 0.717) is 22.6 Å². The lowest BCUT2D eigenvalue weighted by molar-refractivity contribution is -0.125. The molecule has 1 atom stereocenters.